The molecule has 230 valence electrons. The van der Waals surface area contributed by atoms with Gasteiger partial charge in [0.1, 0.15) is 17.6 Å². The first-order valence-electron chi connectivity index (χ1n) is 16.1. The van der Waals surface area contributed by atoms with E-state index < -0.39 is 6.10 Å². The second-order valence-electron chi connectivity index (χ2n) is 12.0. The first-order chi connectivity index (χ1) is 20.5. The largest absolute Gasteiger partial charge is 0.497 e. The van der Waals surface area contributed by atoms with Crippen molar-refractivity contribution in [2.75, 3.05) is 20.3 Å². The van der Waals surface area contributed by atoms with Crippen molar-refractivity contribution >= 4 is 11.7 Å². The number of fused-ring (bicyclic) bond motifs is 2. The molecule has 42 heavy (non-hydrogen) atoms. The minimum Gasteiger partial charge on any atom is -0.497 e. The van der Waals surface area contributed by atoms with E-state index in [1.54, 1.807) is 31.4 Å². The summed E-state index contributed by atoms with van der Waals surface area (Å²) in [6.45, 7) is 3.56. The average molecular weight is 579 g/mol. The van der Waals surface area contributed by atoms with Crippen LogP contribution in [0.2, 0.25) is 0 Å². The first-order valence-corrected chi connectivity index (χ1v) is 16.1. The third-order valence-electron chi connectivity index (χ3n) is 8.95. The fourth-order valence-electron chi connectivity index (χ4n) is 6.43. The molecular weight excluding hydrogens is 528 g/mol. The number of aliphatic hydroxyl groups excluding tert-OH is 1. The van der Waals surface area contributed by atoms with Crippen LogP contribution in [0.5, 0.6) is 11.5 Å². The lowest BCUT2D eigenvalue weighted by Gasteiger charge is -2.31. The number of ether oxygens (including phenoxy) is 2. The Balaban J connectivity index is 1.25. The van der Waals surface area contributed by atoms with E-state index in [4.69, 9.17) is 9.47 Å². The lowest BCUT2D eigenvalue weighted by molar-refractivity contribution is -0.123. The molecule has 2 saturated heterocycles. The highest BCUT2D eigenvalue weighted by Gasteiger charge is 2.41. The number of hydrogen-bond acceptors (Lipinski definition) is 6. The highest BCUT2D eigenvalue weighted by atomic mass is 16.5. The van der Waals surface area contributed by atoms with Crippen LogP contribution in [0, 0.1) is 0 Å². The van der Waals surface area contributed by atoms with E-state index in [0.717, 1.165) is 36.3 Å². The van der Waals surface area contributed by atoms with Gasteiger partial charge in [0.05, 0.1) is 19.8 Å². The zero-order valence-electron chi connectivity index (χ0n) is 25.6. The summed E-state index contributed by atoms with van der Waals surface area (Å²) in [4.78, 5) is 28.0. The standard InChI is InChI=1S/C35H50N2O5/c1-3-4-5-9-24-42-31-22-14-27(15-23-31)35(40)32(25-37-28-16-17-29(37)19-18-28)36-34(39)11-8-6-7-10-33(38)26-12-20-30(41-2)21-13-26/h12-15,20-23,28-29,32,35,40H,3-11,16-19,24-25H2,1-2H3,(H,36,39)/t28?,29?,32-,35-/m1/s1. The van der Waals surface area contributed by atoms with Crippen molar-refractivity contribution in [3.8, 4) is 11.5 Å². The van der Waals surface area contributed by atoms with Gasteiger partial charge >= 0.3 is 0 Å². The minimum atomic E-state index is -0.797. The molecule has 2 aromatic carbocycles. The highest BCUT2D eigenvalue weighted by molar-refractivity contribution is 5.96. The van der Waals surface area contributed by atoms with Gasteiger partial charge in [-0.15, -0.1) is 0 Å². The van der Waals surface area contributed by atoms with Crippen LogP contribution in [-0.4, -0.2) is 60.1 Å². The summed E-state index contributed by atoms with van der Waals surface area (Å²) in [5, 5.41) is 14.6. The molecule has 7 nitrogen and oxygen atoms in total. The van der Waals surface area contributed by atoms with E-state index in [9.17, 15) is 14.7 Å². The maximum Gasteiger partial charge on any atom is 0.220 e. The van der Waals surface area contributed by atoms with Gasteiger partial charge in [0.15, 0.2) is 5.78 Å². The number of nitrogens with zero attached hydrogens (tertiary/aromatic N) is 1. The van der Waals surface area contributed by atoms with E-state index in [1.807, 2.05) is 24.3 Å². The molecular formula is C35H50N2O5. The van der Waals surface area contributed by atoms with Crippen molar-refractivity contribution in [2.24, 2.45) is 0 Å². The number of carbonyl (C=O) groups excluding carboxylic acids is 2. The number of Topliss-reactive ketones (excluding diaryl/α,β-unsaturated/α-hetero) is 1. The Labute approximate surface area is 252 Å². The highest BCUT2D eigenvalue weighted by Crippen LogP contribution is 2.38. The van der Waals surface area contributed by atoms with Gasteiger partial charge < -0.3 is 19.9 Å². The fourth-order valence-corrected chi connectivity index (χ4v) is 6.43. The van der Waals surface area contributed by atoms with Gasteiger partial charge in [-0.3, -0.25) is 14.5 Å². The van der Waals surface area contributed by atoms with Crippen LogP contribution in [0.4, 0.5) is 0 Å². The van der Waals surface area contributed by atoms with Crippen LogP contribution in [0.25, 0.3) is 0 Å². The number of methoxy groups -OCH3 is 1. The number of aliphatic hydroxyl groups is 1. The molecule has 0 radical (unpaired) electrons. The summed E-state index contributed by atoms with van der Waals surface area (Å²) < 4.78 is 11.0. The number of ketones is 1. The number of amides is 1. The van der Waals surface area contributed by atoms with Crippen LogP contribution < -0.4 is 14.8 Å². The first kappa shape index (κ1) is 32.0. The molecule has 7 heteroatoms. The minimum absolute atomic E-state index is 0.0425. The summed E-state index contributed by atoms with van der Waals surface area (Å²) in [5.41, 5.74) is 1.48. The van der Waals surface area contributed by atoms with Crippen molar-refractivity contribution in [1.82, 2.24) is 10.2 Å². The molecule has 1 amide bonds. The zero-order valence-corrected chi connectivity index (χ0v) is 25.6. The van der Waals surface area contributed by atoms with Gasteiger partial charge in [-0.05, 0) is 86.9 Å². The number of hydrogen-bond donors (Lipinski definition) is 2. The molecule has 2 bridgehead atoms. The molecule has 4 rings (SSSR count). The predicted molar refractivity (Wildman–Crippen MR) is 166 cm³/mol. The maximum atomic E-state index is 13.0. The molecule has 2 fully saturated rings. The maximum absolute atomic E-state index is 13.0. The molecule has 2 heterocycles. The second-order valence-corrected chi connectivity index (χ2v) is 12.0. The molecule has 0 unspecified atom stereocenters. The fraction of sp³-hybridized carbons (Fsp3) is 0.600. The van der Waals surface area contributed by atoms with Crippen molar-refractivity contribution < 1.29 is 24.2 Å². The van der Waals surface area contributed by atoms with Gasteiger partial charge in [-0.1, -0.05) is 44.7 Å². The Morgan fingerprint density at radius 1 is 0.857 bits per heavy atom. The summed E-state index contributed by atoms with van der Waals surface area (Å²) in [6, 6.07) is 15.6. The Bertz CT molecular complexity index is 1080. The third-order valence-corrected chi connectivity index (χ3v) is 8.95. The number of unbranched alkanes of at least 4 members (excludes halogenated alkanes) is 5. The van der Waals surface area contributed by atoms with Crippen molar-refractivity contribution in [3.63, 3.8) is 0 Å². The molecule has 2 aliphatic rings. The summed E-state index contributed by atoms with van der Waals surface area (Å²) in [6.07, 6.45) is 11.8. The molecule has 2 aliphatic heterocycles. The average Bonchev–Trinajstić information content (AvgIpc) is 3.59. The van der Waals surface area contributed by atoms with Crippen molar-refractivity contribution in [3.05, 3.63) is 59.7 Å². The molecule has 0 saturated carbocycles. The Morgan fingerprint density at radius 3 is 2.12 bits per heavy atom. The van der Waals surface area contributed by atoms with Crippen molar-refractivity contribution in [1.29, 1.82) is 0 Å². The van der Waals surface area contributed by atoms with E-state index in [0.29, 0.717) is 50.1 Å². The van der Waals surface area contributed by atoms with E-state index >= 15 is 0 Å². The number of benzene rings is 2. The molecule has 2 atom stereocenters. The predicted octanol–water partition coefficient (Wildman–Crippen LogP) is 6.63. The summed E-state index contributed by atoms with van der Waals surface area (Å²) in [5.74, 6) is 1.61. The van der Waals surface area contributed by atoms with E-state index in [2.05, 4.69) is 17.1 Å². The SMILES string of the molecule is CCCCCCOc1ccc([C@@H](O)[C@@H](CN2C3CCC2CC3)NC(=O)CCCCCC(=O)c2ccc(OC)cc2)cc1. The number of carbonyl (C=O) groups is 2. The normalized spacial score (nSPS) is 19.4. The van der Waals surface area contributed by atoms with Crippen LogP contribution in [0.3, 0.4) is 0 Å². The Hall–Kier alpha value is -2.90. The van der Waals surface area contributed by atoms with Crippen molar-refractivity contribution in [2.45, 2.75) is 115 Å². The molecule has 0 aromatic heterocycles. The topological polar surface area (TPSA) is 88.1 Å². The summed E-state index contributed by atoms with van der Waals surface area (Å²) >= 11 is 0. The zero-order chi connectivity index (χ0) is 29.7. The Kier molecular flexibility index (Phi) is 12.7. The van der Waals surface area contributed by atoms with Gasteiger partial charge in [0, 0.05) is 37.0 Å². The van der Waals surface area contributed by atoms with E-state index in [1.165, 1.54) is 44.9 Å². The van der Waals surface area contributed by atoms with Crippen LogP contribution >= 0.6 is 0 Å². The smallest absolute Gasteiger partial charge is 0.220 e. The Morgan fingerprint density at radius 2 is 1.48 bits per heavy atom. The van der Waals surface area contributed by atoms with Crippen LogP contribution in [0.15, 0.2) is 48.5 Å². The lowest BCUT2D eigenvalue weighted by atomic mass is 10.0. The van der Waals surface area contributed by atoms with Crippen LogP contribution in [0.1, 0.15) is 112 Å². The number of rotatable bonds is 19. The van der Waals surface area contributed by atoms with Gasteiger partial charge in [-0.25, -0.2) is 0 Å². The quantitative estimate of drug-likeness (QED) is 0.144. The summed E-state index contributed by atoms with van der Waals surface area (Å²) in [7, 11) is 1.61. The monoisotopic (exact) mass is 578 g/mol. The second kappa shape index (κ2) is 16.7. The molecule has 0 spiro atoms. The number of nitrogens with one attached hydrogen (secondary N) is 1. The van der Waals surface area contributed by atoms with Gasteiger partial charge in [0.2, 0.25) is 5.91 Å². The molecule has 0 aliphatic carbocycles. The van der Waals surface area contributed by atoms with E-state index in [-0.39, 0.29) is 17.7 Å². The molecule has 2 N–H and O–H groups in total. The van der Waals surface area contributed by atoms with Crippen LogP contribution in [-0.2, 0) is 4.79 Å². The lowest BCUT2D eigenvalue weighted by Crippen LogP contribution is -2.48. The van der Waals surface area contributed by atoms with Gasteiger partial charge in [0.25, 0.3) is 0 Å². The third kappa shape index (κ3) is 9.30. The molecule has 2 aromatic rings. The van der Waals surface area contributed by atoms with Gasteiger partial charge in [-0.2, -0.15) is 0 Å².